The second kappa shape index (κ2) is 7.94. The van der Waals surface area contributed by atoms with Crippen LogP contribution < -0.4 is 10.5 Å². The molecule has 0 radical (unpaired) electrons. The molecular weight excluding hydrogens is 366 g/mol. The summed E-state index contributed by atoms with van der Waals surface area (Å²) >= 11 is 6.42. The van der Waals surface area contributed by atoms with E-state index in [0.717, 1.165) is 5.56 Å². The summed E-state index contributed by atoms with van der Waals surface area (Å²) in [5, 5.41) is 8.74. The number of aromatic nitrogens is 4. The minimum atomic E-state index is -0.284. The third-order valence-corrected chi connectivity index (χ3v) is 4.93. The maximum atomic E-state index is 12.7. The van der Waals surface area contributed by atoms with Gasteiger partial charge in [0.15, 0.2) is 0 Å². The molecule has 1 saturated heterocycles. The zero-order chi connectivity index (χ0) is 18.6. The van der Waals surface area contributed by atoms with Crippen molar-refractivity contribution in [3.63, 3.8) is 0 Å². The van der Waals surface area contributed by atoms with E-state index in [1.54, 1.807) is 12.4 Å². The van der Waals surface area contributed by atoms with E-state index in [-0.39, 0.29) is 16.7 Å². The van der Waals surface area contributed by atoms with E-state index in [4.69, 9.17) is 16.3 Å². The Morgan fingerprint density at radius 3 is 2.81 bits per heavy atom. The van der Waals surface area contributed by atoms with E-state index in [0.29, 0.717) is 38.5 Å². The first-order chi connectivity index (χ1) is 13.2. The highest BCUT2D eigenvalue weighted by Gasteiger charge is 2.24. The third kappa shape index (κ3) is 4.04. The number of rotatable bonds is 5. The standard InChI is InChI=1S/C19H20ClN5O2/c20-18-17(11-22-25(19(18)26)12-15-5-2-1-3-6-15)23-9-10-27-16(13-23)14-24-8-4-7-21-24/h1-8,11,16H,9-10,12-14H2. The number of benzene rings is 1. The summed E-state index contributed by atoms with van der Waals surface area (Å²) in [6.07, 6.45) is 5.29. The van der Waals surface area contributed by atoms with Gasteiger partial charge in [0.2, 0.25) is 0 Å². The average molecular weight is 386 g/mol. The minimum absolute atomic E-state index is 0.0264. The molecule has 1 aromatic carbocycles. The summed E-state index contributed by atoms with van der Waals surface area (Å²) in [4.78, 5) is 14.7. The molecule has 1 aliphatic rings. The van der Waals surface area contributed by atoms with Gasteiger partial charge in [-0.15, -0.1) is 0 Å². The van der Waals surface area contributed by atoms with E-state index in [1.807, 2.05) is 47.3 Å². The number of morpholine rings is 1. The lowest BCUT2D eigenvalue weighted by molar-refractivity contribution is 0.0274. The Morgan fingerprint density at radius 2 is 2.04 bits per heavy atom. The van der Waals surface area contributed by atoms with E-state index in [1.165, 1.54) is 4.68 Å². The van der Waals surface area contributed by atoms with Gasteiger partial charge in [-0.1, -0.05) is 41.9 Å². The normalized spacial score (nSPS) is 17.2. The van der Waals surface area contributed by atoms with Crippen molar-refractivity contribution in [3.8, 4) is 0 Å². The number of hydrogen-bond donors (Lipinski definition) is 0. The van der Waals surface area contributed by atoms with Gasteiger partial charge in [-0.05, 0) is 11.6 Å². The van der Waals surface area contributed by atoms with Crippen molar-refractivity contribution in [2.24, 2.45) is 0 Å². The molecule has 0 saturated carbocycles. The molecule has 0 amide bonds. The molecule has 1 aliphatic heterocycles. The number of halogens is 1. The molecule has 8 heteroatoms. The summed E-state index contributed by atoms with van der Waals surface area (Å²) in [6, 6.07) is 11.6. The van der Waals surface area contributed by atoms with Gasteiger partial charge in [-0.25, -0.2) is 4.68 Å². The summed E-state index contributed by atoms with van der Waals surface area (Å²) in [5.74, 6) is 0. The molecule has 7 nitrogen and oxygen atoms in total. The molecule has 140 valence electrons. The predicted octanol–water partition coefficient (Wildman–Crippen LogP) is 2.05. The Hall–Kier alpha value is -2.64. The van der Waals surface area contributed by atoms with Crippen LogP contribution in [0.15, 0.2) is 59.8 Å². The van der Waals surface area contributed by atoms with Crippen molar-refractivity contribution in [1.29, 1.82) is 0 Å². The Balaban J connectivity index is 1.51. The van der Waals surface area contributed by atoms with Crippen molar-refractivity contribution < 1.29 is 4.74 Å². The molecule has 0 aliphatic carbocycles. The SMILES string of the molecule is O=c1c(Cl)c(N2CCOC(Cn3cccn3)C2)cnn1Cc1ccccc1. The minimum Gasteiger partial charge on any atom is -0.373 e. The van der Waals surface area contributed by atoms with Crippen molar-refractivity contribution in [2.75, 3.05) is 24.6 Å². The van der Waals surface area contributed by atoms with Crippen LogP contribution in [-0.2, 0) is 17.8 Å². The van der Waals surface area contributed by atoms with Crippen molar-refractivity contribution in [1.82, 2.24) is 19.6 Å². The molecule has 27 heavy (non-hydrogen) atoms. The highest BCUT2D eigenvalue weighted by Crippen LogP contribution is 2.23. The van der Waals surface area contributed by atoms with E-state index in [2.05, 4.69) is 15.1 Å². The highest BCUT2D eigenvalue weighted by atomic mass is 35.5. The molecule has 4 rings (SSSR count). The molecule has 3 aromatic rings. The van der Waals surface area contributed by atoms with Crippen LogP contribution in [0.5, 0.6) is 0 Å². The highest BCUT2D eigenvalue weighted by molar-refractivity contribution is 6.33. The van der Waals surface area contributed by atoms with Gasteiger partial charge < -0.3 is 9.64 Å². The van der Waals surface area contributed by atoms with Crippen LogP contribution in [0.1, 0.15) is 5.56 Å². The number of ether oxygens (including phenoxy) is 1. The second-order valence-electron chi connectivity index (χ2n) is 6.46. The number of nitrogens with zero attached hydrogens (tertiary/aromatic N) is 5. The number of anilines is 1. The molecule has 0 bridgehead atoms. The van der Waals surface area contributed by atoms with Crippen LogP contribution in [0, 0.1) is 0 Å². The lowest BCUT2D eigenvalue weighted by Crippen LogP contribution is -2.45. The molecule has 2 aromatic heterocycles. The van der Waals surface area contributed by atoms with Gasteiger partial charge in [-0.2, -0.15) is 10.2 Å². The summed E-state index contributed by atoms with van der Waals surface area (Å²) in [7, 11) is 0. The predicted molar refractivity (Wildman–Crippen MR) is 103 cm³/mol. The van der Waals surface area contributed by atoms with E-state index in [9.17, 15) is 4.79 Å². The van der Waals surface area contributed by atoms with E-state index < -0.39 is 0 Å². The maximum absolute atomic E-state index is 12.7. The first-order valence-corrected chi connectivity index (χ1v) is 9.22. The monoisotopic (exact) mass is 385 g/mol. The number of hydrogen-bond acceptors (Lipinski definition) is 5. The quantitative estimate of drug-likeness (QED) is 0.672. The molecule has 1 atom stereocenters. The van der Waals surface area contributed by atoms with Crippen LogP contribution in [0.25, 0.3) is 0 Å². The van der Waals surface area contributed by atoms with Crippen LogP contribution in [-0.4, -0.2) is 45.4 Å². The van der Waals surface area contributed by atoms with Crippen molar-refractivity contribution in [3.05, 3.63) is 75.9 Å². The first kappa shape index (κ1) is 17.8. The molecule has 0 spiro atoms. The van der Waals surface area contributed by atoms with Crippen LogP contribution in [0.3, 0.4) is 0 Å². The Bertz CT molecular complexity index is 942. The van der Waals surface area contributed by atoms with Crippen molar-refractivity contribution >= 4 is 17.3 Å². The molecular formula is C19H20ClN5O2. The van der Waals surface area contributed by atoms with Gasteiger partial charge >= 0.3 is 0 Å². The topological polar surface area (TPSA) is 65.2 Å². The average Bonchev–Trinajstić information content (AvgIpc) is 3.20. The van der Waals surface area contributed by atoms with Gasteiger partial charge in [0.25, 0.3) is 5.56 Å². The Morgan fingerprint density at radius 1 is 1.19 bits per heavy atom. The van der Waals surface area contributed by atoms with Gasteiger partial charge in [0, 0.05) is 25.5 Å². The van der Waals surface area contributed by atoms with Crippen LogP contribution in [0.2, 0.25) is 5.02 Å². The van der Waals surface area contributed by atoms with Crippen molar-refractivity contribution in [2.45, 2.75) is 19.2 Å². The molecule has 1 unspecified atom stereocenters. The summed E-state index contributed by atoms with van der Waals surface area (Å²) in [6.45, 7) is 2.90. The zero-order valence-corrected chi connectivity index (χ0v) is 15.5. The molecule has 1 fully saturated rings. The fraction of sp³-hybridized carbons (Fsp3) is 0.316. The Labute approximate surface area is 161 Å². The molecule has 3 heterocycles. The van der Waals surface area contributed by atoms with E-state index >= 15 is 0 Å². The lowest BCUT2D eigenvalue weighted by atomic mass is 10.2. The zero-order valence-electron chi connectivity index (χ0n) is 14.7. The second-order valence-corrected chi connectivity index (χ2v) is 6.84. The fourth-order valence-corrected chi connectivity index (χ4v) is 3.48. The summed E-state index contributed by atoms with van der Waals surface area (Å²) < 4.78 is 9.06. The fourth-order valence-electron chi connectivity index (χ4n) is 3.21. The maximum Gasteiger partial charge on any atom is 0.287 e. The van der Waals surface area contributed by atoms with Crippen LogP contribution >= 0.6 is 11.6 Å². The lowest BCUT2D eigenvalue weighted by Gasteiger charge is -2.34. The first-order valence-electron chi connectivity index (χ1n) is 8.84. The largest absolute Gasteiger partial charge is 0.373 e. The smallest absolute Gasteiger partial charge is 0.287 e. The van der Waals surface area contributed by atoms with Gasteiger partial charge in [-0.3, -0.25) is 9.48 Å². The Kier molecular flexibility index (Phi) is 5.22. The van der Waals surface area contributed by atoms with Gasteiger partial charge in [0.05, 0.1) is 37.7 Å². The van der Waals surface area contributed by atoms with Crippen LogP contribution in [0.4, 0.5) is 5.69 Å². The molecule has 0 N–H and O–H groups in total. The van der Waals surface area contributed by atoms with Gasteiger partial charge in [0.1, 0.15) is 5.02 Å². The third-order valence-electron chi connectivity index (χ3n) is 4.57. The summed E-state index contributed by atoms with van der Waals surface area (Å²) in [5.41, 5.74) is 1.37.